The van der Waals surface area contributed by atoms with Crippen LogP contribution >= 0.6 is 12.2 Å². The van der Waals surface area contributed by atoms with Crippen LogP contribution in [0.1, 0.15) is 13.8 Å². The van der Waals surface area contributed by atoms with Gasteiger partial charge in [-0.15, -0.1) is 0 Å². The third kappa shape index (κ3) is 4.18. The standard InChI is InChI=1S/C11H13N3O4S/c1-6(2)10(16)13-11(19)12-8-4-3-7(14(17)18)5-9(8)15/h3-6,15H,1-2H3,(H2,12,13,16,19). The molecule has 3 N–H and O–H groups in total. The van der Waals surface area contributed by atoms with Crippen LogP contribution in [-0.2, 0) is 4.79 Å². The number of amides is 1. The maximum Gasteiger partial charge on any atom is 0.273 e. The summed E-state index contributed by atoms with van der Waals surface area (Å²) in [6, 6.07) is 3.52. The molecule has 0 aliphatic heterocycles. The van der Waals surface area contributed by atoms with Crippen LogP contribution in [0.15, 0.2) is 18.2 Å². The van der Waals surface area contributed by atoms with Crippen molar-refractivity contribution >= 4 is 34.6 Å². The number of carbonyl (C=O) groups excluding carboxylic acids is 1. The minimum Gasteiger partial charge on any atom is -0.506 e. The van der Waals surface area contributed by atoms with Gasteiger partial charge in [0, 0.05) is 12.0 Å². The Morgan fingerprint density at radius 1 is 1.47 bits per heavy atom. The topological polar surface area (TPSA) is 104 Å². The van der Waals surface area contributed by atoms with Crippen molar-refractivity contribution in [3.8, 4) is 5.75 Å². The minimum absolute atomic E-state index is 0.0165. The molecule has 1 aromatic rings. The van der Waals surface area contributed by atoms with Crippen molar-refractivity contribution in [2.24, 2.45) is 5.92 Å². The molecule has 1 amide bonds. The number of benzene rings is 1. The second-order valence-corrected chi connectivity index (χ2v) is 4.46. The van der Waals surface area contributed by atoms with Crippen molar-refractivity contribution in [2.45, 2.75) is 13.8 Å². The fourth-order valence-electron chi connectivity index (χ4n) is 1.15. The molecule has 0 aliphatic rings. The summed E-state index contributed by atoms with van der Waals surface area (Å²) < 4.78 is 0. The lowest BCUT2D eigenvalue weighted by atomic mass is 10.2. The quantitative estimate of drug-likeness (QED) is 0.338. The van der Waals surface area contributed by atoms with Crippen molar-refractivity contribution in [3.05, 3.63) is 28.3 Å². The second kappa shape index (κ2) is 6.10. The van der Waals surface area contributed by atoms with Gasteiger partial charge in [-0.1, -0.05) is 13.8 Å². The fraction of sp³-hybridized carbons (Fsp3) is 0.273. The van der Waals surface area contributed by atoms with E-state index in [0.29, 0.717) is 0 Å². The first kappa shape index (κ1) is 14.8. The zero-order valence-electron chi connectivity index (χ0n) is 10.3. The molecular weight excluding hydrogens is 270 g/mol. The van der Waals surface area contributed by atoms with Crippen LogP contribution < -0.4 is 10.6 Å². The molecule has 0 fully saturated rings. The predicted molar refractivity (Wildman–Crippen MR) is 74.0 cm³/mol. The Morgan fingerprint density at radius 2 is 2.11 bits per heavy atom. The molecule has 0 aliphatic carbocycles. The van der Waals surface area contributed by atoms with E-state index in [0.717, 1.165) is 6.07 Å². The Kier molecular flexibility index (Phi) is 4.76. The fourth-order valence-corrected chi connectivity index (χ4v) is 1.36. The van der Waals surface area contributed by atoms with Gasteiger partial charge in [-0.2, -0.15) is 0 Å². The van der Waals surface area contributed by atoms with Gasteiger partial charge in [-0.3, -0.25) is 14.9 Å². The maximum atomic E-state index is 11.4. The molecule has 19 heavy (non-hydrogen) atoms. The Balaban J connectivity index is 2.75. The van der Waals surface area contributed by atoms with Crippen molar-refractivity contribution in [1.82, 2.24) is 5.32 Å². The molecule has 0 atom stereocenters. The van der Waals surface area contributed by atoms with Gasteiger partial charge in [0.15, 0.2) is 5.11 Å². The molecule has 0 saturated heterocycles. The molecule has 0 unspecified atom stereocenters. The highest BCUT2D eigenvalue weighted by Crippen LogP contribution is 2.27. The van der Waals surface area contributed by atoms with E-state index in [-0.39, 0.29) is 34.1 Å². The number of hydrogen-bond acceptors (Lipinski definition) is 5. The monoisotopic (exact) mass is 283 g/mol. The number of hydrogen-bond donors (Lipinski definition) is 3. The molecule has 102 valence electrons. The molecule has 8 heteroatoms. The summed E-state index contributed by atoms with van der Waals surface area (Å²) in [5, 5.41) is 25.1. The largest absolute Gasteiger partial charge is 0.506 e. The summed E-state index contributed by atoms with van der Waals surface area (Å²) in [6.07, 6.45) is 0. The van der Waals surface area contributed by atoms with Crippen LogP contribution in [0.5, 0.6) is 5.75 Å². The molecule has 0 spiro atoms. The van der Waals surface area contributed by atoms with E-state index >= 15 is 0 Å². The first-order valence-electron chi connectivity index (χ1n) is 5.40. The number of anilines is 1. The van der Waals surface area contributed by atoms with Crippen molar-refractivity contribution in [1.29, 1.82) is 0 Å². The zero-order valence-corrected chi connectivity index (χ0v) is 11.2. The number of rotatable bonds is 3. The van der Waals surface area contributed by atoms with Crippen LogP contribution in [0.3, 0.4) is 0 Å². The van der Waals surface area contributed by atoms with E-state index in [9.17, 15) is 20.0 Å². The van der Waals surface area contributed by atoms with Crippen LogP contribution in [0.4, 0.5) is 11.4 Å². The van der Waals surface area contributed by atoms with Gasteiger partial charge in [0.25, 0.3) is 5.69 Å². The van der Waals surface area contributed by atoms with Crippen molar-refractivity contribution in [2.75, 3.05) is 5.32 Å². The van der Waals surface area contributed by atoms with E-state index in [4.69, 9.17) is 12.2 Å². The molecule has 0 radical (unpaired) electrons. The molecule has 1 aromatic carbocycles. The molecular formula is C11H13N3O4S. The average Bonchev–Trinajstić information content (AvgIpc) is 2.31. The van der Waals surface area contributed by atoms with Gasteiger partial charge in [-0.25, -0.2) is 0 Å². The number of nitro benzene ring substituents is 1. The third-order valence-electron chi connectivity index (χ3n) is 2.20. The van der Waals surface area contributed by atoms with Gasteiger partial charge in [0.1, 0.15) is 5.75 Å². The molecule has 1 rings (SSSR count). The highest BCUT2D eigenvalue weighted by molar-refractivity contribution is 7.80. The zero-order chi connectivity index (χ0) is 14.6. The number of nitrogens with one attached hydrogen (secondary N) is 2. The lowest BCUT2D eigenvalue weighted by Crippen LogP contribution is -2.36. The Morgan fingerprint density at radius 3 is 2.58 bits per heavy atom. The second-order valence-electron chi connectivity index (χ2n) is 4.06. The summed E-state index contributed by atoms with van der Waals surface area (Å²) in [4.78, 5) is 21.3. The Hall–Kier alpha value is -2.22. The number of carbonyl (C=O) groups is 1. The number of thiocarbonyl (C=S) groups is 1. The van der Waals surface area contributed by atoms with Crippen LogP contribution in [0, 0.1) is 16.0 Å². The Labute approximate surface area is 114 Å². The summed E-state index contributed by atoms with van der Waals surface area (Å²) in [5.41, 5.74) is -0.0557. The van der Waals surface area contributed by atoms with Crippen molar-refractivity contribution in [3.63, 3.8) is 0 Å². The number of nitrogens with zero attached hydrogens (tertiary/aromatic N) is 1. The highest BCUT2D eigenvalue weighted by Gasteiger charge is 2.13. The van der Waals surface area contributed by atoms with Gasteiger partial charge >= 0.3 is 0 Å². The predicted octanol–water partition coefficient (Wildman–Crippen LogP) is 1.77. The van der Waals surface area contributed by atoms with E-state index < -0.39 is 4.92 Å². The third-order valence-corrected chi connectivity index (χ3v) is 2.41. The van der Waals surface area contributed by atoms with Crippen molar-refractivity contribution < 1.29 is 14.8 Å². The summed E-state index contributed by atoms with van der Waals surface area (Å²) in [7, 11) is 0. The summed E-state index contributed by atoms with van der Waals surface area (Å²) >= 11 is 4.89. The molecule has 0 aromatic heterocycles. The smallest absolute Gasteiger partial charge is 0.273 e. The molecule has 0 heterocycles. The number of phenolic OH excluding ortho intramolecular Hbond substituents is 1. The van der Waals surface area contributed by atoms with Gasteiger partial charge < -0.3 is 15.7 Å². The maximum absolute atomic E-state index is 11.4. The molecule has 0 saturated carbocycles. The lowest BCUT2D eigenvalue weighted by molar-refractivity contribution is -0.384. The van der Waals surface area contributed by atoms with E-state index in [1.165, 1.54) is 12.1 Å². The molecule has 7 nitrogen and oxygen atoms in total. The van der Waals surface area contributed by atoms with E-state index in [1.807, 2.05) is 0 Å². The summed E-state index contributed by atoms with van der Waals surface area (Å²) in [5.74, 6) is -0.820. The SMILES string of the molecule is CC(C)C(=O)NC(=S)Nc1ccc([N+](=O)[O-])cc1O. The number of nitro groups is 1. The van der Waals surface area contributed by atoms with Crippen LogP contribution in [-0.4, -0.2) is 21.0 Å². The first-order valence-corrected chi connectivity index (χ1v) is 5.81. The van der Waals surface area contributed by atoms with E-state index in [2.05, 4.69) is 10.6 Å². The highest BCUT2D eigenvalue weighted by atomic mass is 32.1. The Bertz CT molecular complexity index is 531. The van der Waals surface area contributed by atoms with Crippen LogP contribution in [0.25, 0.3) is 0 Å². The van der Waals surface area contributed by atoms with Crippen LogP contribution in [0.2, 0.25) is 0 Å². The normalized spacial score (nSPS) is 10.1. The average molecular weight is 283 g/mol. The molecule has 0 bridgehead atoms. The number of phenols is 1. The van der Waals surface area contributed by atoms with Gasteiger partial charge in [0.05, 0.1) is 16.7 Å². The van der Waals surface area contributed by atoms with Gasteiger partial charge in [0.2, 0.25) is 5.91 Å². The number of aromatic hydroxyl groups is 1. The lowest BCUT2D eigenvalue weighted by Gasteiger charge is -2.11. The van der Waals surface area contributed by atoms with Gasteiger partial charge in [-0.05, 0) is 18.3 Å². The minimum atomic E-state index is -0.623. The van der Waals surface area contributed by atoms with E-state index in [1.54, 1.807) is 13.8 Å². The number of non-ortho nitro benzene ring substituents is 1. The first-order chi connectivity index (χ1) is 8.81. The summed E-state index contributed by atoms with van der Waals surface area (Å²) in [6.45, 7) is 3.42.